The zero-order chi connectivity index (χ0) is 21.3. The van der Waals surface area contributed by atoms with Gasteiger partial charge in [-0.15, -0.1) is 0 Å². The molecule has 0 radical (unpaired) electrons. The monoisotopic (exact) mass is 417 g/mol. The minimum atomic E-state index is -0.725. The lowest BCUT2D eigenvalue weighted by atomic mass is 10.0. The fraction of sp³-hybridized carbons (Fsp3) is 0.190. The maximum Gasteiger partial charge on any atom is 0.265 e. The molecule has 6 nitrogen and oxygen atoms in total. The summed E-state index contributed by atoms with van der Waals surface area (Å²) in [5.41, 5.74) is -0.777. The van der Waals surface area contributed by atoms with E-state index in [2.05, 4.69) is 0 Å². The summed E-state index contributed by atoms with van der Waals surface area (Å²) in [7, 11) is 1.44. The zero-order valence-corrected chi connectivity index (χ0v) is 16.4. The van der Waals surface area contributed by atoms with Crippen molar-refractivity contribution in [3.05, 3.63) is 63.2 Å². The molecule has 0 unspecified atom stereocenters. The highest BCUT2D eigenvalue weighted by Crippen LogP contribution is 2.33. The van der Waals surface area contributed by atoms with E-state index in [0.717, 1.165) is 0 Å². The van der Waals surface area contributed by atoms with Gasteiger partial charge < -0.3 is 19.2 Å². The third-order valence-corrected chi connectivity index (χ3v) is 4.76. The summed E-state index contributed by atoms with van der Waals surface area (Å²) in [6.07, 6.45) is -0.184. The Balaban J connectivity index is 2.06. The van der Waals surface area contributed by atoms with Gasteiger partial charge in [0.2, 0.25) is 0 Å². The number of aromatic nitrogens is 1. The Morgan fingerprint density at radius 3 is 2.62 bits per heavy atom. The number of aromatic hydroxyl groups is 1. The molecular weight excluding hydrogens is 401 g/mol. The predicted molar refractivity (Wildman–Crippen MR) is 107 cm³/mol. The van der Waals surface area contributed by atoms with Crippen LogP contribution in [0.2, 0.25) is 5.02 Å². The summed E-state index contributed by atoms with van der Waals surface area (Å²) in [4.78, 5) is 36.1. The van der Waals surface area contributed by atoms with Crippen molar-refractivity contribution in [2.45, 2.75) is 19.8 Å². The number of hydrogen-bond acceptors (Lipinski definition) is 5. The summed E-state index contributed by atoms with van der Waals surface area (Å²) in [6, 6.07) is 8.69. The van der Waals surface area contributed by atoms with E-state index in [0.29, 0.717) is 0 Å². The van der Waals surface area contributed by atoms with Gasteiger partial charge in [-0.25, -0.2) is 4.39 Å². The van der Waals surface area contributed by atoms with Crippen LogP contribution < -0.4 is 10.3 Å². The molecular formula is C21H17ClFNO5. The molecule has 0 amide bonds. The fourth-order valence-electron chi connectivity index (χ4n) is 2.92. The van der Waals surface area contributed by atoms with E-state index < -0.39 is 22.9 Å². The lowest BCUT2D eigenvalue weighted by molar-refractivity contribution is -0.116. The van der Waals surface area contributed by atoms with Crippen LogP contribution in [0.1, 0.15) is 30.1 Å². The number of Topliss-reactive ketones (excluding diaryl/α,β-unsaturated/α-hetero) is 2. The van der Waals surface area contributed by atoms with Gasteiger partial charge >= 0.3 is 0 Å². The number of halogens is 2. The van der Waals surface area contributed by atoms with Gasteiger partial charge in [-0.1, -0.05) is 17.7 Å². The number of benzene rings is 2. The van der Waals surface area contributed by atoms with Gasteiger partial charge in [0.1, 0.15) is 22.8 Å². The number of ketones is 2. The molecule has 0 saturated carbocycles. The largest absolute Gasteiger partial charge is 0.506 e. The van der Waals surface area contributed by atoms with Crippen LogP contribution in [0.4, 0.5) is 4.39 Å². The zero-order valence-electron chi connectivity index (χ0n) is 15.7. The number of rotatable bonds is 6. The van der Waals surface area contributed by atoms with Crippen molar-refractivity contribution >= 4 is 34.1 Å². The standard InChI is InChI=1S/C21H17ClFNO5/c1-11(25)6-9-16(26)18-20(27)13-8-7-12(10-15(13)24(2)21(18)28)29-17-5-3-4-14(22)19(17)23/h3-5,7-8,10,27H,6,9H2,1-2H3. The van der Waals surface area contributed by atoms with Crippen molar-refractivity contribution < 1.29 is 23.8 Å². The molecule has 0 saturated heterocycles. The molecule has 0 aliphatic carbocycles. The number of pyridine rings is 1. The van der Waals surface area contributed by atoms with Gasteiger partial charge in [0, 0.05) is 31.3 Å². The van der Waals surface area contributed by atoms with Gasteiger partial charge in [0.05, 0.1) is 10.5 Å². The van der Waals surface area contributed by atoms with Gasteiger partial charge in [-0.3, -0.25) is 9.59 Å². The van der Waals surface area contributed by atoms with E-state index in [1.807, 2.05) is 0 Å². The Kier molecular flexibility index (Phi) is 5.70. The molecule has 3 aromatic rings. The summed E-state index contributed by atoms with van der Waals surface area (Å²) in [6.45, 7) is 1.34. The SMILES string of the molecule is CC(=O)CCC(=O)c1c(O)c2ccc(Oc3cccc(Cl)c3F)cc2n(C)c1=O. The summed E-state index contributed by atoms with van der Waals surface area (Å²) < 4.78 is 20.8. The minimum absolute atomic E-state index is 0.0164. The van der Waals surface area contributed by atoms with Crippen molar-refractivity contribution in [3.8, 4) is 17.2 Å². The second-order valence-corrected chi connectivity index (χ2v) is 6.95. The molecule has 0 aliphatic heterocycles. The van der Waals surface area contributed by atoms with Crippen LogP contribution >= 0.6 is 11.6 Å². The highest BCUT2D eigenvalue weighted by molar-refractivity contribution is 6.30. The lowest BCUT2D eigenvalue weighted by Gasteiger charge is -2.13. The molecule has 0 spiro atoms. The molecule has 0 bridgehead atoms. The molecule has 0 atom stereocenters. The molecule has 150 valence electrons. The Labute approximate surface area is 170 Å². The number of aryl methyl sites for hydroxylation is 1. The molecule has 3 rings (SSSR count). The van der Waals surface area contributed by atoms with Crippen LogP contribution in [-0.4, -0.2) is 21.2 Å². The number of nitrogens with zero attached hydrogens (tertiary/aromatic N) is 1. The average molecular weight is 418 g/mol. The summed E-state index contributed by atoms with van der Waals surface area (Å²) in [5, 5.41) is 10.7. The van der Waals surface area contributed by atoms with E-state index in [9.17, 15) is 23.9 Å². The smallest absolute Gasteiger partial charge is 0.265 e. The third kappa shape index (κ3) is 4.00. The van der Waals surface area contributed by atoms with Gasteiger partial charge in [0.25, 0.3) is 5.56 Å². The molecule has 8 heteroatoms. The first-order valence-corrected chi connectivity index (χ1v) is 9.08. The van der Waals surface area contributed by atoms with Crippen molar-refractivity contribution in [1.29, 1.82) is 0 Å². The first-order chi connectivity index (χ1) is 13.7. The van der Waals surface area contributed by atoms with Crippen LogP contribution in [0.5, 0.6) is 17.2 Å². The molecule has 29 heavy (non-hydrogen) atoms. The Morgan fingerprint density at radius 1 is 1.21 bits per heavy atom. The number of carbonyl (C=O) groups is 2. The van der Waals surface area contributed by atoms with Crippen LogP contribution in [0.3, 0.4) is 0 Å². The Hall–Kier alpha value is -3.19. The fourth-order valence-corrected chi connectivity index (χ4v) is 3.09. The van der Waals surface area contributed by atoms with Crippen molar-refractivity contribution in [1.82, 2.24) is 4.57 Å². The van der Waals surface area contributed by atoms with E-state index in [1.165, 1.54) is 54.9 Å². The minimum Gasteiger partial charge on any atom is -0.506 e. The highest BCUT2D eigenvalue weighted by Gasteiger charge is 2.21. The summed E-state index contributed by atoms with van der Waals surface area (Å²) in [5.74, 6) is -1.87. The number of carbonyl (C=O) groups excluding carboxylic acids is 2. The average Bonchev–Trinajstić information content (AvgIpc) is 2.68. The van der Waals surface area contributed by atoms with Crippen LogP contribution in [-0.2, 0) is 11.8 Å². The maximum absolute atomic E-state index is 14.1. The lowest BCUT2D eigenvalue weighted by Crippen LogP contribution is -2.25. The first-order valence-electron chi connectivity index (χ1n) is 8.71. The van der Waals surface area contributed by atoms with E-state index in [4.69, 9.17) is 16.3 Å². The van der Waals surface area contributed by atoms with Gasteiger partial charge in [-0.2, -0.15) is 0 Å². The number of ether oxygens (including phenoxy) is 1. The van der Waals surface area contributed by atoms with Gasteiger partial charge in [0.15, 0.2) is 17.3 Å². The molecule has 2 aromatic carbocycles. The van der Waals surface area contributed by atoms with Crippen LogP contribution in [0.25, 0.3) is 10.9 Å². The van der Waals surface area contributed by atoms with Crippen molar-refractivity contribution in [2.24, 2.45) is 7.05 Å². The van der Waals surface area contributed by atoms with E-state index in [-0.39, 0.29) is 51.6 Å². The molecule has 1 heterocycles. The summed E-state index contributed by atoms with van der Waals surface area (Å²) >= 11 is 5.75. The van der Waals surface area contributed by atoms with E-state index >= 15 is 0 Å². The third-order valence-electron chi connectivity index (χ3n) is 4.47. The highest BCUT2D eigenvalue weighted by atomic mass is 35.5. The number of hydrogen-bond donors (Lipinski definition) is 1. The second-order valence-electron chi connectivity index (χ2n) is 6.55. The van der Waals surface area contributed by atoms with E-state index in [1.54, 1.807) is 0 Å². The Bertz CT molecular complexity index is 1200. The first kappa shape index (κ1) is 20.5. The molecule has 1 N–H and O–H groups in total. The van der Waals surface area contributed by atoms with Crippen molar-refractivity contribution in [2.75, 3.05) is 0 Å². The molecule has 1 aromatic heterocycles. The molecule has 0 fully saturated rings. The predicted octanol–water partition coefficient (Wildman–Crippen LogP) is 4.38. The maximum atomic E-state index is 14.1. The number of fused-ring (bicyclic) bond motifs is 1. The van der Waals surface area contributed by atoms with Crippen molar-refractivity contribution in [3.63, 3.8) is 0 Å². The van der Waals surface area contributed by atoms with Crippen LogP contribution in [0.15, 0.2) is 41.2 Å². The Morgan fingerprint density at radius 2 is 1.93 bits per heavy atom. The normalized spacial score (nSPS) is 10.9. The quantitative estimate of drug-likeness (QED) is 0.601. The molecule has 0 aliphatic rings. The second kappa shape index (κ2) is 8.05. The van der Waals surface area contributed by atoms with Crippen LogP contribution in [0, 0.1) is 5.82 Å². The van der Waals surface area contributed by atoms with Gasteiger partial charge in [-0.05, 0) is 31.2 Å². The topological polar surface area (TPSA) is 85.6 Å².